The molecule has 5 rings (SSSR count). The third-order valence-electron chi connectivity index (χ3n) is 8.79. The van der Waals surface area contributed by atoms with Gasteiger partial charge >= 0.3 is 6.03 Å². The van der Waals surface area contributed by atoms with Crippen molar-refractivity contribution in [3.8, 4) is 0 Å². The van der Waals surface area contributed by atoms with E-state index in [1.165, 1.54) is 25.7 Å². The Balaban J connectivity index is 1.11. The molecule has 3 amide bonds. The summed E-state index contributed by atoms with van der Waals surface area (Å²) in [4.78, 5) is 23.9. The van der Waals surface area contributed by atoms with E-state index in [9.17, 15) is 9.59 Å². The number of rotatable bonds is 10. The maximum absolute atomic E-state index is 13.0. The number of carbonyl (C=O) groups excluding carboxylic acids is 2. The Kier molecular flexibility index (Phi) is 7.59. The normalized spacial score (nSPS) is 39.3. The van der Waals surface area contributed by atoms with Gasteiger partial charge in [0.15, 0.2) is 0 Å². The molecule has 2 atom stereocenters. The highest BCUT2D eigenvalue weighted by molar-refractivity contribution is 5.75. The summed E-state index contributed by atoms with van der Waals surface area (Å²) in [5, 5.41) is 15.2. The largest absolute Gasteiger partial charge is 0.378 e. The predicted molar refractivity (Wildman–Crippen MR) is 127 cm³/mol. The minimum Gasteiger partial charge on any atom is -0.378 e. The summed E-state index contributed by atoms with van der Waals surface area (Å²) in [7, 11) is 0. The lowest BCUT2D eigenvalue weighted by Crippen LogP contribution is -2.66. The van der Waals surface area contributed by atoms with Gasteiger partial charge in [0, 0.05) is 24.6 Å². The number of hydrogen-bond acceptors (Lipinski definition) is 4. The Labute approximate surface area is 199 Å². The molecule has 7 heteroatoms. The number of unbranched alkanes of at least 4 members (excludes halogenated alkanes) is 3. The van der Waals surface area contributed by atoms with Gasteiger partial charge < -0.3 is 15.4 Å². The molecule has 33 heavy (non-hydrogen) atoms. The van der Waals surface area contributed by atoms with Crippen LogP contribution in [0.5, 0.6) is 0 Å². The average Bonchev–Trinajstić information content (AvgIpc) is 2.70. The average molecular weight is 464 g/mol. The standard InChI is InChI=1S/C26H45N3O4/c1-24-13-19-14-25(2,16-24)18-26(15-19,17-24)28-23(31)27-20-8-10-21(11-9-20)33-12-6-4-3-5-7-22(30)29-32/h19-21,32H,3-18H2,1-2H3,(H,29,30)(H2,27,28,31)/t19?,20?,21?,24-,25-,26?/m1/s1. The van der Waals surface area contributed by atoms with Crippen molar-refractivity contribution >= 4 is 11.9 Å². The van der Waals surface area contributed by atoms with Gasteiger partial charge in [0.25, 0.3) is 0 Å². The van der Waals surface area contributed by atoms with E-state index in [0.717, 1.165) is 76.7 Å². The molecule has 0 saturated heterocycles. The van der Waals surface area contributed by atoms with Gasteiger partial charge in [-0.05, 0) is 93.8 Å². The minimum absolute atomic E-state index is 0.00914. The quantitative estimate of drug-likeness (QED) is 0.212. The van der Waals surface area contributed by atoms with Crippen molar-refractivity contribution in [3.63, 3.8) is 0 Å². The second kappa shape index (κ2) is 10.1. The van der Waals surface area contributed by atoms with Crippen LogP contribution in [0.2, 0.25) is 0 Å². The Morgan fingerprint density at radius 1 is 0.909 bits per heavy atom. The molecule has 188 valence electrons. The van der Waals surface area contributed by atoms with Crippen molar-refractivity contribution in [1.29, 1.82) is 0 Å². The van der Waals surface area contributed by atoms with Gasteiger partial charge in [-0.15, -0.1) is 0 Å². The Morgan fingerprint density at radius 3 is 2.21 bits per heavy atom. The Morgan fingerprint density at radius 2 is 1.58 bits per heavy atom. The van der Waals surface area contributed by atoms with Gasteiger partial charge in [-0.3, -0.25) is 10.0 Å². The highest BCUT2D eigenvalue weighted by Gasteiger charge is 2.60. The monoisotopic (exact) mass is 463 g/mol. The molecule has 0 radical (unpaired) electrons. The van der Waals surface area contributed by atoms with Crippen molar-refractivity contribution in [2.45, 2.75) is 128 Å². The van der Waals surface area contributed by atoms with Gasteiger partial charge in [-0.25, -0.2) is 10.3 Å². The van der Waals surface area contributed by atoms with Crippen LogP contribution in [0, 0.1) is 16.7 Å². The lowest BCUT2D eigenvalue weighted by molar-refractivity contribution is -0.129. The SMILES string of the molecule is C[C@]12CC3CC(NC(=O)NC4CCC(OCCCCCCC(=O)NO)CC4)(C1)C[C@](C)(C3)C2. The first kappa shape index (κ1) is 24.8. The molecule has 0 spiro atoms. The number of carbonyl (C=O) groups is 2. The zero-order valence-electron chi connectivity index (χ0n) is 20.7. The summed E-state index contributed by atoms with van der Waals surface area (Å²) >= 11 is 0. The van der Waals surface area contributed by atoms with E-state index in [2.05, 4.69) is 24.5 Å². The first-order chi connectivity index (χ1) is 15.7. The maximum atomic E-state index is 13.0. The number of hydroxylamine groups is 1. The zero-order valence-corrected chi connectivity index (χ0v) is 20.7. The molecule has 0 aromatic carbocycles. The number of amides is 3. The number of ether oxygens (including phenoxy) is 1. The molecule has 0 unspecified atom stereocenters. The second-order valence-electron chi connectivity index (χ2n) is 12.6. The lowest BCUT2D eigenvalue weighted by atomic mass is 9.43. The number of urea groups is 1. The molecule has 4 N–H and O–H groups in total. The van der Waals surface area contributed by atoms with Gasteiger partial charge in [0.2, 0.25) is 5.91 Å². The van der Waals surface area contributed by atoms with Crippen molar-refractivity contribution in [2.24, 2.45) is 16.7 Å². The van der Waals surface area contributed by atoms with Gasteiger partial charge in [-0.1, -0.05) is 26.7 Å². The van der Waals surface area contributed by atoms with E-state index in [1.54, 1.807) is 5.48 Å². The van der Waals surface area contributed by atoms with Crippen LogP contribution in [-0.4, -0.2) is 41.4 Å². The van der Waals surface area contributed by atoms with E-state index in [1.807, 2.05) is 0 Å². The predicted octanol–water partition coefficient (Wildman–Crippen LogP) is 4.82. The summed E-state index contributed by atoms with van der Waals surface area (Å²) in [6.45, 7) is 5.65. The summed E-state index contributed by atoms with van der Waals surface area (Å²) in [5.74, 6) is 0.468. The maximum Gasteiger partial charge on any atom is 0.315 e. The molecule has 0 heterocycles. The van der Waals surface area contributed by atoms with Crippen LogP contribution in [0.1, 0.15) is 110 Å². The highest BCUT2D eigenvalue weighted by Crippen LogP contribution is 2.66. The van der Waals surface area contributed by atoms with Crippen LogP contribution >= 0.6 is 0 Å². The molecule has 5 fully saturated rings. The van der Waals surface area contributed by atoms with Crippen molar-refractivity contribution in [1.82, 2.24) is 16.1 Å². The Bertz CT molecular complexity index is 688. The third-order valence-corrected chi connectivity index (χ3v) is 8.79. The zero-order chi connectivity index (χ0) is 23.5. The van der Waals surface area contributed by atoms with Crippen molar-refractivity contribution in [3.05, 3.63) is 0 Å². The van der Waals surface area contributed by atoms with E-state index in [4.69, 9.17) is 9.94 Å². The third kappa shape index (κ3) is 6.41. The van der Waals surface area contributed by atoms with E-state index in [0.29, 0.717) is 23.4 Å². The first-order valence-corrected chi connectivity index (χ1v) is 13.3. The molecule has 0 aliphatic heterocycles. The lowest BCUT2D eigenvalue weighted by Gasteiger charge is -2.65. The van der Waals surface area contributed by atoms with Crippen molar-refractivity contribution < 1.29 is 19.5 Å². The summed E-state index contributed by atoms with van der Waals surface area (Å²) in [6.07, 6.45) is 16.0. The summed E-state index contributed by atoms with van der Waals surface area (Å²) in [6, 6.07) is 0.297. The molecule has 5 saturated carbocycles. The first-order valence-electron chi connectivity index (χ1n) is 13.3. The van der Waals surface area contributed by atoms with Crippen LogP contribution in [-0.2, 0) is 9.53 Å². The fraction of sp³-hybridized carbons (Fsp3) is 0.923. The summed E-state index contributed by atoms with van der Waals surface area (Å²) in [5.41, 5.74) is 2.49. The Hall–Kier alpha value is -1.34. The van der Waals surface area contributed by atoms with Crippen LogP contribution < -0.4 is 16.1 Å². The molecular formula is C26H45N3O4. The van der Waals surface area contributed by atoms with E-state index >= 15 is 0 Å². The summed E-state index contributed by atoms with van der Waals surface area (Å²) < 4.78 is 6.05. The molecule has 5 aliphatic carbocycles. The topological polar surface area (TPSA) is 99.7 Å². The van der Waals surface area contributed by atoms with Gasteiger partial charge in [-0.2, -0.15) is 0 Å². The van der Waals surface area contributed by atoms with Crippen LogP contribution in [0.25, 0.3) is 0 Å². The number of hydrogen-bond donors (Lipinski definition) is 4. The molecule has 4 bridgehead atoms. The van der Waals surface area contributed by atoms with Crippen molar-refractivity contribution in [2.75, 3.05) is 6.61 Å². The number of nitrogens with one attached hydrogen (secondary N) is 3. The molecule has 5 aliphatic rings. The van der Waals surface area contributed by atoms with Crippen LogP contribution in [0.15, 0.2) is 0 Å². The molecule has 0 aromatic rings. The van der Waals surface area contributed by atoms with Crippen LogP contribution in [0.3, 0.4) is 0 Å². The van der Waals surface area contributed by atoms with Gasteiger partial charge in [0.05, 0.1) is 6.10 Å². The fourth-order valence-electron chi connectivity index (χ4n) is 8.47. The molecular weight excluding hydrogens is 418 g/mol. The molecule has 7 nitrogen and oxygen atoms in total. The van der Waals surface area contributed by atoms with Crippen LogP contribution in [0.4, 0.5) is 4.79 Å². The van der Waals surface area contributed by atoms with Gasteiger partial charge in [0.1, 0.15) is 0 Å². The molecule has 0 aromatic heterocycles. The minimum atomic E-state index is -0.313. The smallest absolute Gasteiger partial charge is 0.315 e. The van der Waals surface area contributed by atoms with E-state index in [-0.39, 0.29) is 23.5 Å². The fourth-order valence-corrected chi connectivity index (χ4v) is 8.47. The second-order valence-corrected chi connectivity index (χ2v) is 12.6. The highest BCUT2D eigenvalue weighted by atomic mass is 16.5. The van der Waals surface area contributed by atoms with E-state index < -0.39 is 0 Å².